The molecule has 1 aliphatic rings. The zero-order chi connectivity index (χ0) is 13.9. The molecule has 0 aromatic heterocycles. The number of nitrogens with zero attached hydrogens (tertiary/aromatic N) is 1. The van der Waals surface area contributed by atoms with Gasteiger partial charge < -0.3 is 10.2 Å². The van der Waals surface area contributed by atoms with Crippen molar-refractivity contribution in [1.29, 1.82) is 0 Å². The third kappa shape index (κ3) is 2.77. The summed E-state index contributed by atoms with van der Waals surface area (Å²) in [5.41, 5.74) is 0.868. The first-order valence-electron chi connectivity index (χ1n) is 7.27. The first-order chi connectivity index (χ1) is 9.72. The van der Waals surface area contributed by atoms with Crippen LogP contribution in [0.25, 0.3) is 10.8 Å². The van der Waals surface area contributed by atoms with Crippen LogP contribution in [0.5, 0.6) is 0 Å². The fourth-order valence-electron chi connectivity index (χ4n) is 2.68. The Hall–Kier alpha value is -2.03. The van der Waals surface area contributed by atoms with Crippen LogP contribution in [0.4, 0.5) is 10.5 Å². The minimum Gasteiger partial charge on any atom is -0.325 e. The summed E-state index contributed by atoms with van der Waals surface area (Å²) in [7, 11) is 0. The number of carbonyl (C=O) groups is 1. The summed E-state index contributed by atoms with van der Waals surface area (Å²) in [6, 6.07) is 14.2. The fourth-order valence-corrected chi connectivity index (χ4v) is 2.68. The lowest BCUT2D eigenvalue weighted by Gasteiger charge is -2.30. The molecule has 3 heteroatoms. The molecule has 1 heterocycles. The number of hydrogen-bond donors (Lipinski definition) is 1. The van der Waals surface area contributed by atoms with Crippen molar-refractivity contribution in [2.24, 2.45) is 5.92 Å². The Morgan fingerprint density at radius 3 is 2.55 bits per heavy atom. The van der Waals surface area contributed by atoms with E-state index in [4.69, 9.17) is 0 Å². The normalized spacial score (nSPS) is 16.4. The minimum absolute atomic E-state index is 0.0205. The second-order valence-corrected chi connectivity index (χ2v) is 5.66. The van der Waals surface area contributed by atoms with Crippen molar-refractivity contribution in [1.82, 2.24) is 4.90 Å². The summed E-state index contributed by atoms with van der Waals surface area (Å²) in [6.07, 6.45) is 2.20. The number of urea groups is 1. The average molecular weight is 268 g/mol. The predicted molar refractivity (Wildman–Crippen MR) is 82.9 cm³/mol. The van der Waals surface area contributed by atoms with Crippen molar-refractivity contribution in [2.75, 3.05) is 18.4 Å². The molecule has 0 bridgehead atoms. The highest BCUT2D eigenvalue weighted by Gasteiger charge is 2.20. The number of benzene rings is 2. The van der Waals surface area contributed by atoms with Gasteiger partial charge in [0.05, 0.1) is 0 Å². The number of piperidine rings is 1. The Balaban J connectivity index is 1.71. The van der Waals surface area contributed by atoms with E-state index in [2.05, 4.69) is 24.4 Å². The van der Waals surface area contributed by atoms with Gasteiger partial charge in [0.1, 0.15) is 0 Å². The highest BCUT2D eigenvalue weighted by Crippen LogP contribution is 2.20. The standard InChI is InChI=1S/C17H20N2O/c1-13-8-10-19(11-9-13)17(20)18-16-7-6-14-4-2-3-5-15(14)12-16/h2-7,12-13H,8-11H2,1H3,(H,18,20). The van der Waals surface area contributed by atoms with E-state index in [-0.39, 0.29) is 6.03 Å². The molecule has 20 heavy (non-hydrogen) atoms. The van der Waals surface area contributed by atoms with Crippen LogP contribution in [-0.4, -0.2) is 24.0 Å². The molecule has 1 N–H and O–H groups in total. The maximum absolute atomic E-state index is 12.2. The first-order valence-corrected chi connectivity index (χ1v) is 7.27. The Bertz CT molecular complexity index is 615. The summed E-state index contributed by atoms with van der Waals surface area (Å²) >= 11 is 0. The molecule has 104 valence electrons. The molecule has 0 saturated carbocycles. The summed E-state index contributed by atoms with van der Waals surface area (Å²) in [5, 5.41) is 5.35. The van der Waals surface area contributed by atoms with Crippen molar-refractivity contribution in [3.63, 3.8) is 0 Å². The van der Waals surface area contributed by atoms with Crippen LogP contribution in [0.15, 0.2) is 42.5 Å². The highest BCUT2D eigenvalue weighted by atomic mass is 16.2. The minimum atomic E-state index is 0.0205. The van der Waals surface area contributed by atoms with Gasteiger partial charge in [0.2, 0.25) is 0 Å². The zero-order valence-corrected chi connectivity index (χ0v) is 11.8. The monoisotopic (exact) mass is 268 g/mol. The number of fused-ring (bicyclic) bond motifs is 1. The van der Waals surface area contributed by atoms with E-state index in [1.165, 1.54) is 5.39 Å². The van der Waals surface area contributed by atoms with Crippen molar-refractivity contribution in [3.8, 4) is 0 Å². The highest BCUT2D eigenvalue weighted by molar-refractivity contribution is 5.93. The molecule has 0 radical (unpaired) electrons. The largest absolute Gasteiger partial charge is 0.325 e. The maximum Gasteiger partial charge on any atom is 0.321 e. The summed E-state index contributed by atoms with van der Waals surface area (Å²) in [6.45, 7) is 3.97. The number of hydrogen-bond acceptors (Lipinski definition) is 1. The zero-order valence-electron chi connectivity index (χ0n) is 11.8. The molecule has 1 aliphatic heterocycles. The van der Waals surface area contributed by atoms with E-state index < -0.39 is 0 Å². The Labute approximate surface area is 119 Å². The van der Waals surface area contributed by atoms with Crippen molar-refractivity contribution >= 4 is 22.5 Å². The van der Waals surface area contributed by atoms with Gasteiger partial charge in [0, 0.05) is 18.8 Å². The number of carbonyl (C=O) groups excluding carboxylic acids is 1. The number of rotatable bonds is 1. The van der Waals surface area contributed by atoms with Crippen LogP contribution in [0.3, 0.4) is 0 Å². The van der Waals surface area contributed by atoms with E-state index in [0.717, 1.165) is 42.9 Å². The second-order valence-electron chi connectivity index (χ2n) is 5.66. The number of amides is 2. The van der Waals surface area contributed by atoms with Crippen LogP contribution in [0.2, 0.25) is 0 Å². The van der Waals surface area contributed by atoms with E-state index in [1.54, 1.807) is 0 Å². The molecule has 2 aromatic rings. The number of likely N-dealkylation sites (tertiary alicyclic amines) is 1. The molecular weight excluding hydrogens is 248 g/mol. The second kappa shape index (κ2) is 5.53. The molecule has 2 aromatic carbocycles. The maximum atomic E-state index is 12.2. The van der Waals surface area contributed by atoms with Crippen molar-refractivity contribution in [3.05, 3.63) is 42.5 Å². The number of nitrogens with one attached hydrogen (secondary N) is 1. The van der Waals surface area contributed by atoms with Gasteiger partial charge >= 0.3 is 6.03 Å². The summed E-state index contributed by atoms with van der Waals surface area (Å²) in [4.78, 5) is 14.1. The van der Waals surface area contributed by atoms with Gasteiger partial charge in [-0.2, -0.15) is 0 Å². The van der Waals surface area contributed by atoms with Gasteiger partial charge in [-0.15, -0.1) is 0 Å². The molecule has 0 aliphatic carbocycles. The van der Waals surface area contributed by atoms with Gasteiger partial charge in [0.15, 0.2) is 0 Å². The third-order valence-corrected chi connectivity index (χ3v) is 4.07. The molecule has 0 spiro atoms. The topological polar surface area (TPSA) is 32.3 Å². The molecule has 3 rings (SSSR count). The molecule has 2 amide bonds. The lowest BCUT2D eigenvalue weighted by molar-refractivity contribution is 0.186. The average Bonchev–Trinajstić information content (AvgIpc) is 2.48. The summed E-state index contributed by atoms with van der Waals surface area (Å²) < 4.78 is 0. The lowest BCUT2D eigenvalue weighted by atomic mass is 10.00. The van der Waals surface area contributed by atoms with Crippen LogP contribution in [0, 0.1) is 5.92 Å². The third-order valence-electron chi connectivity index (χ3n) is 4.07. The van der Waals surface area contributed by atoms with Gasteiger partial charge in [-0.3, -0.25) is 0 Å². The van der Waals surface area contributed by atoms with Gasteiger partial charge in [-0.25, -0.2) is 4.79 Å². The van der Waals surface area contributed by atoms with Crippen LogP contribution in [0.1, 0.15) is 19.8 Å². The first kappa shape index (κ1) is 13.0. The van der Waals surface area contributed by atoms with Gasteiger partial charge in [0.25, 0.3) is 0 Å². The molecular formula is C17H20N2O. The Morgan fingerprint density at radius 1 is 1.10 bits per heavy atom. The van der Waals surface area contributed by atoms with Crippen LogP contribution >= 0.6 is 0 Å². The van der Waals surface area contributed by atoms with Gasteiger partial charge in [-0.05, 0) is 41.7 Å². The summed E-state index contributed by atoms with van der Waals surface area (Å²) in [5.74, 6) is 0.736. The molecule has 1 fully saturated rings. The van der Waals surface area contributed by atoms with Crippen molar-refractivity contribution in [2.45, 2.75) is 19.8 Å². The fraction of sp³-hybridized carbons (Fsp3) is 0.353. The SMILES string of the molecule is CC1CCN(C(=O)Nc2ccc3ccccc3c2)CC1. The molecule has 0 unspecified atom stereocenters. The smallest absolute Gasteiger partial charge is 0.321 e. The lowest BCUT2D eigenvalue weighted by Crippen LogP contribution is -2.40. The number of anilines is 1. The van der Waals surface area contributed by atoms with E-state index in [9.17, 15) is 4.79 Å². The van der Waals surface area contributed by atoms with E-state index in [0.29, 0.717) is 0 Å². The molecule has 1 saturated heterocycles. The Kier molecular flexibility index (Phi) is 3.59. The molecule has 0 atom stereocenters. The Morgan fingerprint density at radius 2 is 1.80 bits per heavy atom. The predicted octanol–water partition coefficient (Wildman–Crippen LogP) is 4.10. The van der Waals surface area contributed by atoms with Crippen LogP contribution in [-0.2, 0) is 0 Å². The van der Waals surface area contributed by atoms with E-state index in [1.807, 2.05) is 35.2 Å². The molecule has 3 nitrogen and oxygen atoms in total. The van der Waals surface area contributed by atoms with Crippen LogP contribution < -0.4 is 5.32 Å². The quantitative estimate of drug-likeness (QED) is 0.829. The van der Waals surface area contributed by atoms with E-state index >= 15 is 0 Å². The van der Waals surface area contributed by atoms with Crippen molar-refractivity contribution < 1.29 is 4.79 Å². The van der Waals surface area contributed by atoms with Gasteiger partial charge in [-0.1, -0.05) is 37.3 Å².